The maximum Gasteiger partial charge on any atom is 0.318 e. The SMILES string of the molecule is COC(=O)[C@H](C)Sc1nnc(COc2ccc(OC)cc2)n1-c1ccccc1F. The van der Waals surface area contributed by atoms with Gasteiger partial charge in [0.2, 0.25) is 0 Å². The number of rotatable bonds is 8. The third-order valence-electron chi connectivity index (χ3n) is 4.04. The summed E-state index contributed by atoms with van der Waals surface area (Å²) in [5.41, 5.74) is 0.269. The van der Waals surface area contributed by atoms with E-state index in [-0.39, 0.29) is 12.3 Å². The second kappa shape index (κ2) is 9.42. The number of esters is 1. The van der Waals surface area contributed by atoms with E-state index < -0.39 is 17.0 Å². The summed E-state index contributed by atoms with van der Waals surface area (Å²) in [6.07, 6.45) is 0. The van der Waals surface area contributed by atoms with Gasteiger partial charge in [0.05, 0.1) is 19.9 Å². The summed E-state index contributed by atoms with van der Waals surface area (Å²) in [5.74, 6) is 0.860. The highest BCUT2D eigenvalue weighted by Crippen LogP contribution is 2.28. The van der Waals surface area contributed by atoms with Crippen LogP contribution in [0.3, 0.4) is 0 Å². The first-order chi connectivity index (χ1) is 14.0. The number of benzene rings is 2. The number of ether oxygens (including phenoxy) is 3. The zero-order valence-corrected chi connectivity index (χ0v) is 17.0. The number of hydrogen-bond acceptors (Lipinski definition) is 7. The number of nitrogens with zero attached hydrogens (tertiary/aromatic N) is 3. The van der Waals surface area contributed by atoms with E-state index >= 15 is 0 Å². The van der Waals surface area contributed by atoms with Crippen molar-refractivity contribution < 1.29 is 23.4 Å². The van der Waals surface area contributed by atoms with Crippen molar-refractivity contribution in [2.45, 2.75) is 23.9 Å². The normalized spacial score (nSPS) is 11.7. The number of thioether (sulfide) groups is 1. The quantitative estimate of drug-likeness (QED) is 0.409. The van der Waals surface area contributed by atoms with Crippen molar-refractivity contribution in [2.75, 3.05) is 14.2 Å². The van der Waals surface area contributed by atoms with Crippen LogP contribution in [0.2, 0.25) is 0 Å². The molecule has 1 heterocycles. The van der Waals surface area contributed by atoms with Gasteiger partial charge in [0, 0.05) is 0 Å². The molecule has 0 fully saturated rings. The Morgan fingerprint density at radius 2 is 1.79 bits per heavy atom. The van der Waals surface area contributed by atoms with Crippen LogP contribution in [0, 0.1) is 5.82 Å². The monoisotopic (exact) mass is 417 g/mol. The molecule has 3 aromatic rings. The van der Waals surface area contributed by atoms with Crippen LogP contribution < -0.4 is 9.47 Å². The molecule has 1 atom stereocenters. The molecule has 0 aliphatic carbocycles. The van der Waals surface area contributed by atoms with E-state index in [9.17, 15) is 9.18 Å². The molecule has 0 radical (unpaired) electrons. The van der Waals surface area contributed by atoms with Crippen LogP contribution in [0.15, 0.2) is 53.7 Å². The Bertz CT molecular complexity index is 978. The lowest BCUT2D eigenvalue weighted by Crippen LogP contribution is -2.16. The van der Waals surface area contributed by atoms with Gasteiger partial charge in [-0.15, -0.1) is 10.2 Å². The third-order valence-corrected chi connectivity index (χ3v) is 5.06. The van der Waals surface area contributed by atoms with Crippen LogP contribution in [-0.4, -0.2) is 40.2 Å². The van der Waals surface area contributed by atoms with Crippen LogP contribution in [0.5, 0.6) is 11.5 Å². The maximum absolute atomic E-state index is 14.5. The van der Waals surface area contributed by atoms with Crippen molar-refractivity contribution in [2.24, 2.45) is 0 Å². The molecule has 0 aliphatic rings. The van der Waals surface area contributed by atoms with Gasteiger partial charge < -0.3 is 14.2 Å². The fraction of sp³-hybridized carbons (Fsp3) is 0.250. The lowest BCUT2D eigenvalue weighted by Gasteiger charge is -2.13. The van der Waals surface area contributed by atoms with E-state index in [4.69, 9.17) is 14.2 Å². The number of para-hydroxylation sites is 1. The van der Waals surface area contributed by atoms with Gasteiger partial charge in [-0.3, -0.25) is 9.36 Å². The molecule has 7 nitrogen and oxygen atoms in total. The zero-order valence-electron chi connectivity index (χ0n) is 16.2. The molecule has 0 bridgehead atoms. The van der Waals surface area contributed by atoms with E-state index in [1.165, 1.54) is 13.2 Å². The van der Waals surface area contributed by atoms with Crippen molar-refractivity contribution in [3.05, 3.63) is 60.2 Å². The molecule has 0 unspecified atom stereocenters. The summed E-state index contributed by atoms with van der Waals surface area (Å²) in [5, 5.41) is 8.10. The van der Waals surface area contributed by atoms with Gasteiger partial charge >= 0.3 is 5.97 Å². The van der Waals surface area contributed by atoms with Crippen molar-refractivity contribution in [3.63, 3.8) is 0 Å². The topological polar surface area (TPSA) is 75.5 Å². The summed E-state index contributed by atoms with van der Waals surface area (Å²) in [7, 11) is 2.90. The Balaban J connectivity index is 1.89. The minimum atomic E-state index is -0.537. The minimum Gasteiger partial charge on any atom is -0.497 e. The average molecular weight is 417 g/mol. The average Bonchev–Trinajstić information content (AvgIpc) is 3.14. The number of carbonyl (C=O) groups excluding carboxylic acids is 1. The number of methoxy groups -OCH3 is 2. The summed E-state index contributed by atoms with van der Waals surface area (Å²) in [4.78, 5) is 11.8. The first-order valence-corrected chi connectivity index (χ1v) is 9.62. The Morgan fingerprint density at radius 1 is 1.10 bits per heavy atom. The summed E-state index contributed by atoms with van der Waals surface area (Å²) in [6.45, 7) is 1.74. The Kier molecular flexibility index (Phi) is 6.71. The van der Waals surface area contributed by atoms with Gasteiger partial charge in [-0.1, -0.05) is 23.9 Å². The molecular formula is C20H20FN3O4S. The molecule has 3 rings (SSSR count). The van der Waals surface area contributed by atoms with E-state index in [1.807, 2.05) is 0 Å². The van der Waals surface area contributed by atoms with E-state index in [1.54, 1.807) is 61.1 Å². The van der Waals surface area contributed by atoms with Gasteiger partial charge in [-0.2, -0.15) is 0 Å². The predicted molar refractivity (Wildman–Crippen MR) is 106 cm³/mol. The van der Waals surface area contributed by atoms with E-state index in [0.29, 0.717) is 22.5 Å². The van der Waals surface area contributed by atoms with Crippen LogP contribution in [0.4, 0.5) is 4.39 Å². The van der Waals surface area contributed by atoms with Crippen LogP contribution in [0.1, 0.15) is 12.7 Å². The van der Waals surface area contributed by atoms with E-state index in [0.717, 1.165) is 11.8 Å². The van der Waals surface area contributed by atoms with Gasteiger partial charge in [-0.05, 0) is 43.3 Å². The second-order valence-corrected chi connectivity index (χ2v) is 7.24. The molecule has 2 aromatic carbocycles. The number of aromatic nitrogens is 3. The molecule has 0 N–H and O–H groups in total. The predicted octanol–water partition coefficient (Wildman–Crippen LogP) is 3.65. The number of halogens is 1. The Labute approximate surface area is 171 Å². The number of carbonyl (C=O) groups is 1. The fourth-order valence-corrected chi connectivity index (χ4v) is 3.44. The fourth-order valence-electron chi connectivity index (χ4n) is 2.54. The lowest BCUT2D eigenvalue weighted by atomic mass is 10.3. The Hall–Kier alpha value is -3.07. The standard InChI is InChI=1S/C20H20FN3O4S/c1-13(19(25)27-3)29-20-23-22-18(24(20)17-7-5-4-6-16(17)21)12-28-15-10-8-14(26-2)9-11-15/h4-11,13H,12H2,1-3H3/t13-/m0/s1. The molecule has 0 saturated heterocycles. The maximum atomic E-state index is 14.5. The highest BCUT2D eigenvalue weighted by Gasteiger charge is 2.23. The smallest absolute Gasteiger partial charge is 0.318 e. The largest absolute Gasteiger partial charge is 0.497 e. The molecule has 0 aliphatic heterocycles. The molecule has 0 amide bonds. The van der Waals surface area contributed by atoms with Crippen molar-refractivity contribution in [3.8, 4) is 17.2 Å². The minimum absolute atomic E-state index is 0.0564. The first kappa shape index (κ1) is 20.7. The van der Waals surface area contributed by atoms with Gasteiger partial charge in [0.15, 0.2) is 11.0 Å². The van der Waals surface area contributed by atoms with Gasteiger partial charge in [0.25, 0.3) is 0 Å². The van der Waals surface area contributed by atoms with Crippen LogP contribution in [0.25, 0.3) is 5.69 Å². The molecule has 0 spiro atoms. The molecule has 1 aromatic heterocycles. The molecule has 9 heteroatoms. The number of hydrogen-bond donors (Lipinski definition) is 0. The first-order valence-electron chi connectivity index (χ1n) is 8.74. The van der Waals surface area contributed by atoms with Crippen molar-refractivity contribution in [1.82, 2.24) is 14.8 Å². The van der Waals surface area contributed by atoms with Gasteiger partial charge in [0.1, 0.15) is 29.2 Å². The van der Waals surface area contributed by atoms with Crippen LogP contribution in [-0.2, 0) is 16.1 Å². The molecular weight excluding hydrogens is 397 g/mol. The zero-order chi connectivity index (χ0) is 20.8. The second-order valence-electron chi connectivity index (χ2n) is 5.93. The van der Waals surface area contributed by atoms with Gasteiger partial charge in [-0.25, -0.2) is 4.39 Å². The van der Waals surface area contributed by atoms with Crippen LogP contribution >= 0.6 is 11.8 Å². The lowest BCUT2D eigenvalue weighted by molar-refractivity contribution is -0.139. The van der Waals surface area contributed by atoms with Crippen molar-refractivity contribution in [1.29, 1.82) is 0 Å². The summed E-state index contributed by atoms with van der Waals surface area (Å²) < 4.78 is 31.7. The third kappa shape index (κ3) is 4.86. The van der Waals surface area contributed by atoms with Crippen molar-refractivity contribution >= 4 is 17.7 Å². The highest BCUT2D eigenvalue weighted by atomic mass is 32.2. The highest BCUT2D eigenvalue weighted by molar-refractivity contribution is 8.00. The summed E-state index contributed by atoms with van der Waals surface area (Å²) in [6, 6.07) is 13.3. The summed E-state index contributed by atoms with van der Waals surface area (Å²) >= 11 is 1.13. The van der Waals surface area contributed by atoms with E-state index in [2.05, 4.69) is 10.2 Å². The Morgan fingerprint density at radius 3 is 2.45 bits per heavy atom. The molecule has 29 heavy (non-hydrogen) atoms. The molecule has 152 valence electrons. The molecule has 0 saturated carbocycles.